The van der Waals surface area contributed by atoms with Crippen LogP contribution in [-0.4, -0.2) is 17.6 Å². The molecule has 0 saturated heterocycles. The lowest BCUT2D eigenvalue weighted by Crippen LogP contribution is -2.42. The van der Waals surface area contributed by atoms with Crippen molar-refractivity contribution in [3.63, 3.8) is 0 Å². The molecule has 0 bridgehead atoms. The first-order chi connectivity index (χ1) is 11.9. The van der Waals surface area contributed by atoms with E-state index in [4.69, 9.17) is 32.8 Å². The smallest absolute Gasteiger partial charge is 0.203 e. The predicted molar refractivity (Wildman–Crippen MR) is 98.0 cm³/mol. The van der Waals surface area contributed by atoms with Crippen molar-refractivity contribution in [2.45, 2.75) is 31.7 Å². The van der Waals surface area contributed by atoms with Crippen molar-refractivity contribution < 1.29 is 14.7 Å². The van der Waals surface area contributed by atoms with Gasteiger partial charge in [0.05, 0.1) is 6.10 Å². The maximum Gasteiger partial charge on any atom is 0.203 e. The summed E-state index contributed by atoms with van der Waals surface area (Å²) in [7, 11) is 0. The van der Waals surface area contributed by atoms with Crippen molar-refractivity contribution in [1.82, 2.24) is 5.48 Å². The van der Waals surface area contributed by atoms with Gasteiger partial charge in [-0.15, -0.1) is 5.48 Å². The molecule has 0 amide bonds. The van der Waals surface area contributed by atoms with Crippen LogP contribution in [0.3, 0.4) is 0 Å². The zero-order valence-corrected chi connectivity index (χ0v) is 15.3. The first-order valence-corrected chi connectivity index (χ1v) is 8.55. The van der Waals surface area contributed by atoms with Crippen LogP contribution in [0, 0.1) is 0 Å². The van der Waals surface area contributed by atoms with Gasteiger partial charge in [0.1, 0.15) is 11.9 Å². The number of benzene rings is 2. The Morgan fingerprint density at radius 1 is 1.12 bits per heavy atom. The van der Waals surface area contributed by atoms with Gasteiger partial charge in [0.15, 0.2) is 6.40 Å². The van der Waals surface area contributed by atoms with E-state index in [1.54, 1.807) is 42.5 Å². The number of nitrogens with one attached hydrogen (secondary N) is 1. The zero-order chi connectivity index (χ0) is 18.0. The van der Waals surface area contributed by atoms with Gasteiger partial charge in [-0.05, 0) is 43.7 Å². The molecule has 3 rings (SSSR count). The van der Waals surface area contributed by atoms with Gasteiger partial charge >= 0.3 is 0 Å². The third-order valence-corrected chi connectivity index (χ3v) is 4.46. The molecule has 1 heterocycles. The molecule has 0 spiro atoms. The summed E-state index contributed by atoms with van der Waals surface area (Å²) in [6.07, 6.45) is 0.203. The Morgan fingerprint density at radius 2 is 1.76 bits per heavy atom. The zero-order valence-electron chi connectivity index (χ0n) is 13.7. The molecule has 25 heavy (non-hydrogen) atoms. The topological polar surface area (TPSA) is 63.1 Å². The molecule has 2 N–H and O–H groups in total. The van der Waals surface area contributed by atoms with E-state index in [0.717, 1.165) is 5.75 Å². The Morgan fingerprint density at radius 3 is 2.28 bits per heavy atom. The molecule has 2 unspecified atom stereocenters. The number of hydrogen-bond donors (Lipinski definition) is 2. The lowest BCUT2D eigenvalue weighted by molar-refractivity contribution is 0.00479. The van der Waals surface area contributed by atoms with Crippen LogP contribution in [-0.2, 0) is 10.5 Å². The Labute approximate surface area is 156 Å². The van der Waals surface area contributed by atoms with Gasteiger partial charge in [0.2, 0.25) is 5.66 Å². The Hall–Kier alpha value is -1.79. The summed E-state index contributed by atoms with van der Waals surface area (Å²) < 4.78 is 5.63. The van der Waals surface area contributed by atoms with Crippen molar-refractivity contribution in [2.24, 2.45) is 4.99 Å². The van der Waals surface area contributed by atoms with Crippen LogP contribution in [0.5, 0.6) is 5.75 Å². The van der Waals surface area contributed by atoms with Gasteiger partial charge in [0.25, 0.3) is 0 Å². The van der Waals surface area contributed by atoms with Gasteiger partial charge in [-0.2, -0.15) is 0 Å². The summed E-state index contributed by atoms with van der Waals surface area (Å²) in [5.41, 5.74) is 2.46. The number of aliphatic hydroxyl groups is 1. The largest absolute Gasteiger partial charge is 0.491 e. The summed E-state index contributed by atoms with van der Waals surface area (Å²) in [5, 5.41) is 11.8. The SMILES string of the molecule is CC(C)Oc1ccc(C(O)C2(c3c(Cl)cccc3Cl)N=CON2)cc1. The molecule has 1 aliphatic heterocycles. The highest BCUT2D eigenvalue weighted by Crippen LogP contribution is 2.44. The highest BCUT2D eigenvalue weighted by atomic mass is 35.5. The number of halogens is 2. The van der Waals surface area contributed by atoms with E-state index in [0.29, 0.717) is 21.2 Å². The van der Waals surface area contributed by atoms with Crippen LogP contribution in [0.2, 0.25) is 10.0 Å². The van der Waals surface area contributed by atoms with Gasteiger partial charge in [0, 0.05) is 15.6 Å². The molecule has 0 radical (unpaired) electrons. The maximum atomic E-state index is 11.0. The summed E-state index contributed by atoms with van der Waals surface area (Å²) in [4.78, 5) is 9.40. The summed E-state index contributed by atoms with van der Waals surface area (Å²) in [6.45, 7) is 3.90. The average Bonchev–Trinajstić information content (AvgIpc) is 3.05. The number of aliphatic imine (C=N–C) groups is 1. The Kier molecular flexibility index (Phi) is 5.20. The van der Waals surface area contributed by atoms with Crippen LogP contribution >= 0.6 is 23.2 Å². The molecular formula is C18H18Cl2N2O3. The summed E-state index contributed by atoms with van der Waals surface area (Å²) >= 11 is 12.7. The summed E-state index contributed by atoms with van der Waals surface area (Å²) in [5.74, 6) is 0.718. The van der Waals surface area contributed by atoms with Gasteiger partial charge in [-0.25, -0.2) is 4.99 Å². The van der Waals surface area contributed by atoms with Gasteiger partial charge in [-0.1, -0.05) is 41.4 Å². The fourth-order valence-electron chi connectivity index (χ4n) is 2.73. The van der Waals surface area contributed by atoms with E-state index in [-0.39, 0.29) is 6.10 Å². The predicted octanol–water partition coefficient (Wildman–Crippen LogP) is 4.23. The van der Waals surface area contributed by atoms with E-state index in [1.165, 1.54) is 6.40 Å². The second-order valence-electron chi connectivity index (χ2n) is 5.96. The van der Waals surface area contributed by atoms with E-state index in [1.807, 2.05) is 13.8 Å². The molecule has 1 aliphatic rings. The van der Waals surface area contributed by atoms with Crippen LogP contribution < -0.4 is 10.2 Å². The highest BCUT2D eigenvalue weighted by molar-refractivity contribution is 6.36. The second kappa shape index (κ2) is 7.22. The summed E-state index contributed by atoms with van der Waals surface area (Å²) in [6, 6.07) is 12.2. The molecule has 2 aromatic carbocycles. The molecule has 0 fully saturated rings. The molecule has 0 aromatic heterocycles. The van der Waals surface area contributed by atoms with Gasteiger partial charge < -0.3 is 14.7 Å². The lowest BCUT2D eigenvalue weighted by atomic mass is 9.90. The van der Waals surface area contributed by atoms with E-state index < -0.39 is 11.8 Å². The molecule has 0 saturated carbocycles. The first-order valence-electron chi connectivity index (χ1n) is 7.80. The van der Waals surface area contributed by atoms with Gasteiger partial charge in [-0.3, -0.25) is 0 Å². The van der Waals surface area contributed by atoms with Crippen molar-refractivity contribution in [2.75, 3.05) is 0 Å². The lowest BCUT2D eigenvalue weighted by Gasteiger charge is -2.32. The van der Waals surface area contributed by atoms with Crippen molar-refractivity contribution in [1.29, 1.82) is 0 Å². The molecule has 2 atom stereocenters. The van der Waals surface area contributed by atoms with E-state index >= 15 is 0 Å². The molecular weight excluding hydrogens is 363 g/mol. The van der Waals surface area contributed by atoms with Crippen molar-refractivity contribution in [3.8, 4) is 5.75 Å². The number of rotatable bonds is 5. The van der Waals surface area contributed by atoms with Crippen LogP contribution in [0.4, 0.5) is 0 Å². The normalized spacial score (nSPS) is 20.6. The molecule has 0 aliphatic carbocycles. The second-order valence-corrected chi connectivity index (χ2v) is 6.77. The highest BCUT2D eigenvalue weighted by Gasteiger charge is 2.46. The molecule has 132 valence electrons. The average molecular weight is 381 g/mol. The Balaban J connectivity index is 2.00. The third kappa shape index (κ3) is 3.46. The van der Waals surface area contributed by atoms with Crippen LogP contribution in [0.1, 0.15) is 31.1 Å². The van der Waals surface area contributed by atoms with Crippen molar-refractivity contribution in [3.05, 3.63) is 63.6 Å². The number of hydroxylamine groups is 1. The van der Waals surface area contributed by atoms with Crippen LogP contribution in [0.25, 0.3) is 0 Å². The minimum Gasteiger partial charge on any atom is -0.491 e. The maximum absolute atomic E-state index is 11.0. The first kappa shape index (κ1) is 18.0. The minimum atomic E-state index is -1.34. The van der Waals surface area contributed by atoms with Crippen molar-refractivity contribution >= 4 is 29.6 Å². The fraction of sp³-hybridized carbons (Fsp3) is 0.278. The standard InChI is InChI=1S/C18H18Cl2N2O3/c1-11(2)25-13-8-6-12(7-9-13)17(23)18(21-10-24-22-18)16-14(19)4-3-5-15(16)20/h3-11,17,22-23H,1-2H3. The number of hydrogen-bond acceptors (Lipinski definition) is 5. The molecule has 2 aromatic rings. The Bertz CT molecular complexity index is 760. The third-order valence-electron chi connectivity index (χ3n) is 3.83. The fourth-order valence-corrected chi connectivity index (χ4v) is 3.42. The molecule has 7 heteroatoms. The van der Waals surface area contributed by atoms with Crippen LogP contribution in [0.15, 0.2) is 47.5 Å². The number of ether oxygens (including phenoxy) is 1. The number of nitrogens with zero attached hydrogens (tertiary/aromatic N) is 1. The van der Waals surface area contributed by atoms with E-state index in [9.17, 15) is 5.11 Å². The molecule has 5 nitrogen and oxygen atoms in total. The number of aliphatic hydroxyl groups excluding tert-OH is 1. The van der Waals surface area contributed by atoms with E-state index in [2.05, 4.69) is 10.5 Å². The monoisotopic (exact) mass is 380 g/mol. The minimum absolute atomic E-state index is 0.0681. The quantitative estimate of drug-likeness (QED) is 0.814.